The minimum atomic E-state index is -0.518. The number of aromatic nitrogens is 2. The standard InChI is InChI=1S/C16H16N4O/c17-16(21)15-9-12(6-8-19-15)18-7-5-11-10-20-14-4-2-1-3-13(11)14/h1-4,6,8-10,20H,5,7H2,(H2,17,21)(H,18,19). The van der Waals surface area contributed by atoms with Gasteiger partial charge in [0, 0.05) is 35.5 Å². The second-order valence-corrected chi connectivity index (χ2v) is 4.83. The Morgan fingerprint density at radius 2 is 2.14 bits per heavy atom. The number of nitrogens with zero attached hydrogens (tertiary/aromatic N) is 1. The van der Waals surface area contributed by atoms with Crippen LogP contribution in [-0.2, 0) is 6.42 Å². The van der Waals surface area contributed by atoms with Crippen LogP contribution in [0.25, 0.3) is 10.9 Å². The highest BCUT2D eigenvalue weighted by molar-refractivity contribution is 5.91. The molecule has 0 aliphatic rings. The van der Waals surface area contributed by atoms with Crippen molar-refractivity contribution in [1.82, 2.24) is 9.97 Å². The quantitative estimate of drug-likeness (QED) is 0.670. The molecule has 0 saturated heterocycles. The number of benzene rings is 1. The van der Waals surface area contributed by atoms with E-state index in [1.165, 1.54) is 10.9 Å². The van der Waals surface area contributed by atoms with Gasteiger partial charge in [0.1, 0.15) is 5.69 Å². The summed E-state index contributed by atoms with van der Waals surface area (Å²) in [7, 11) is 0. The number of hydrogen-bond donors (Lipinski definition) is 3. The molecule has 5 nitrogen and oxygen atoms in total. The number of amides is 1. The van der Waals surface area contributed by atoms with Gasteiger partial charge in [-0.3, -0.25) is 9.78 Å². The van der Waals surface area contributed by atoms with Crippen molar-refractivity contribution in [3.8, 4) is 0 Å². The first-order valence-corrected chi connectivity index (χ1v) is 6.79. The third-order valence-corrected chi connectivity index (χ3v) is 3.41. The van der Waals surface area contributed by atoms with E-state index < -0.39 is 5.91 Å². The molecule has 106 valence electrons. The van der Waals surface area contributed by atoms with E-state index in [4.69, 9.17) is 5.73 Å². The molecule has 0 aliphatic carbocycles. The van der Waals surface area contributed by atoms with Gasteiger partial charge in [-0.15, -0.1) is 0 Å². The fourth-order valence-electron chi connectivity index (χ4n) is 2.36. The van der Waals surface area contributed by atoms with Crippen molar-refractivity contribution in [2.24, 2.45) is 5.73 Å². The van der Waals surface area contributed by atoms with Crippen molar-refractivity contribution in [3.63, 3.8) is 0 Å². The lowest BCUT2D eigenvalue weighted by atomic mass is 10.1. The van der Waals surface area contributed by atoms with Crippen LogP contribution in [0.15, 0.2) is 48.8 Å². The second kappa shape index (κ2) is 5.66. The maximum atomic E-state index is 11.1. The van der Waals surface area contributed by atoms with Gasteiger partial charge in [0.05, 0.1) is 0 Å². The van der Waals surface area contributed by atoms with Gasteiger partial charge >= 0.3 is 0 Å². The number of H-pyrrole nitrogens is 1. The van der Waals surface area contributed by atoms with Gasteiger partial charge in [-0.1, -0.05) is 18.2 Å². The van der Waals surface area contributed by atoms with Gasteiger partial charge in [-0.25, -0.2) is 0 Å². The van der Waals surface area contributed by atoms with Crippen molar-refractivity contribution in [3.05, 3.63) is 60.0 Å². The summed E-state index contributed by atoms with van der Waals surface area (Å²) < 4.78 is 0. The van der Waals surface area contributed by atoms with E-state index in [1.807, 2.05) is 24.4 Å². The molecule has 3 aromatic rings. The van der Waals surface area contributed by atoms with E-state index in [0.717, 1.165) is 24.2 Å². The molecule has 2 heterocycles. The van der Waals surface area contributed by atoms with E-state index in [-0.39, 0.29) is 5.69 Å². The van der Waals surface area contributed by atoms with Crippen molar-refractivity contribution in [1.29, 1.82) is 0 Å². The first kappa shape index (κ1) is 13.2. The minimum Gasteiger partial charge on any atom is -0.385 e. The van der Waals surface area contributed by atoms with E-state index in [2.05, 4.69) is 27.4 Å². The van der Waals surface area contributed by atoms with Crippen molar-refractivity contribution in [2.75, 3.05) is 11.9 Å². The lowest BCUT2D eigenvalue weighted by Crippen LogP contribution is -2.13. The summed E-state index contributed by atoms with van der Waals surface area (Å²) in [4.78, 5) is 18.3. The highest BCUT2D eigenvalue weighted by Gasteiger charge is 2.04. The van der Waals surface area contributed by atoms with Crippen LogP contribution < -0.4 is 11.1 Å². The first-order chi connectivity index (χ1) is 10.2. The Bertz CT molecular complexity index is 779. The van der Waals surface area contributed by atoms with Crippen LogP contribution in [0.5, 0.6) is 0 Å². The molecule has 1 aromatic carbocycles. The molecule has 0 radical (unpaired) electrons. The summed E-state index contributed by atoms with van der Waals surface area (Å²) in [6.45, 7) is 0.768. The Balaban J connectivity index is 1.66. The molecule has 0 spiro atoms. The summed E-state index contributed by atoms with van der Waals surface area (Å²) in [6.07, 6.45) is 4.50. The van der Waals surface area contributed by atoms with Crippen LogP contribution in [0.4, 0.5) is 5.69 Å². The maximum Gasteiger partial charge on any atom is 0.267 e. The Labute approximate surface area is 122 Å². The van der Waals surface area contributed by atoms with E-state index in [9.17, 15) is 4.79 Å². The molecule has 2 aromatic heterocycles. The number of fused-ring (bicyclic) bond motifs is 1. The molecule has 4 N–H and O–H groups in total. The van der Waals surface area contributed by atoms with Crippen LogP contribution in [0.1, 0.15) is 16.1 Å². The zero-order valence-electron chi connectivity index (χ0n) is 11.5. The van der Waals surface area contributed by atoms with Gasteiger partial charge in [-0.05, 0) is 30.2 Å². The predicted molar refractivity (Wildman–Crippen MR) is 83.2 cm³/mol. The third-order valence-electron chi connectivity index (χ3n) is 3.41. The van der Waals surface area contributed by atoms with E-state index in [0.29, 0.717) is 0 Å². The van der Waals surface area contributed by atoms with Crippen LogP contribution in [0.2, 0.25) is 0 Å². The van der Waals surface area contributed by atoms with Crippen molar-refractivity contribution in [2.45, 2.75) is 6.42 Å². The van der Waals surface area contributed by atoms with Crippen LogP contribution >= 0.6 is 0 Å². The zero-order chi connectivity index (χ0) is 14.7. The monoisotopic (exact) mass is 280 g/mol. The summed E-state index contributed by atoms with van der Waals surface area (Å²) in [5.41, 5.74) is 8.75. The molecule has 0 aliphatic heterocycles. The van der Waals surface area contributed by atoms with Gasteiger partial charge in [0.15, 0.2) is 0 Å². The summed E-state index contributed by atoms with van der Waals surface area (Å²) in [6, 6.07) is 11.7. The molecule has 1 amide bonds. The number of nitrogens with one attached hydrogen (secondary N) is 2. The number of aromatic amines is 1. The number of nitrogens with two attached hydrogens (primary N) is 1. The van der Waals surface area contributed by atoms with Crippen molar-refractivity contribution < 1.29 is 4.79 Å². The highest BCUT2D eigenvalue weighted by atomic mass is 16.1. The topological polar surface area (TPSA) is 83.8 Å². The Morgan fingerprint density at radius 1 is 1.29 bits per heavy atom. The van der Waals surface area contributed by atoms with Gasteiger partial charge in [0.2, 0.25) is 0 Å². The Kier molecular flexibility index (Phi) is 3.55. The van der Waals surface area contributed by atoms with Gasteiger partial charge < -0.3 is 16.0 Å². The molecule has 0 atom stereocenters. The minimum absolute atomic E-state index is 0.270. The highest BCUT2D eigenvalue weighted by Crippen LogP contribution is 2.18. The molecule has 21 heavy (non-hydrogen) atoms. The average molecular weight is 280 g/mol. The number of hydrogen-bond acceptors (Lipinski definition) is 3. The fourth-order valence-corrected chi connectivity index (χ4v) is 2.36. The van der Waals surface area contributed by atoms with Crippen LogP contribution in [0, 0.1) is 0 Å². The molecule has 3 rings (SSSR count). The molecule has 0 saturated carbocycles. The largest absolute Gasteiger partial charge is 0.385 e. The van der Waals surface area contributed by atoms with E-state index in [1.54, 1.807) is 12.3 Å². The maximum absolute atomic E-state index is 11.1. The normalized spacial score (nSPS) is 10.7. The number of para-hydroxylation sites is 1. The average Bonchev–Trinajstić information content (AvgIpc) is 2.91. The number of rotatable bonds is 5. The van der Waals surface area contributed by atoms with Crippen LogP contribution in [0.3, 0.4) is 0 Å². The molecule has 0 bridgehead atoms. The number of pyridine rings is 1. The lowest BCUT2D eigenvalue weighted by molar-refractivity contribution is 0.0995. The molecule has 0 unspecified atom stereocenters. The smallest absolute Gasteiger partial charge is 0.267 e. The molecule has 0 fully saturated rings. The Morgan fingerprint density at radius 3 is 3.00 bits per heavy atom. The number of primary amides is 1. The predicted octanol–water partition coefficient (Wildman–Crippen LogP) is 2.32. The summed E-state index contributed by atoms with van der Waals surface area (Å²) in [5, 5.41) is 4.52. The Hall–Kier alpha value is -2.82. The fraction of sp³-hybridized carbons (Fsp3) is 0.125. The molecular formula is C16H16N4O. The zero-order valence-corrected chi connectivity index (χ0v) is 11.5. The first-order valence-electron chi connectivity index (χ1n) is 6.79. The molecule has 5 heteroatoms. The van der Waals surface area contributed by atoms with Gasteiger partial charge in [-0.2, -0.15) is 0 Å². The third kappa shape index (κ3) is 2.86. The van der Waals surface area contributed by atoms with E-state index >= 15 is 0 Å². The lowest BCUT2D eigenvalue weighted by Gasteiger charge is -2.06. The number of carbonyl (C=O) groups excluding carboxylic acids is 1. The second-order valence-electron chi connectivity index (χ2n) is 4.83. The number of anilines is 1. The van der Waals surface area contributed by atoms with Gasteiger partial charge in [0.25, 0.3) is 5.91 Å². The molecular weight excluding hydrogens is 264 g/mol. The van der Waals surface area contributed by atoms with Crippen LogP contribution in [-0.4, -0.2) is 22.4 Å². The number of carbonyl (C=O) groups is 1. The van der Waals surface area contributed by atoms with Crippen molar-refractivity contribution >= 4 is 22.5 Å². The summed E-state index contributed by atoms with van der Waals surface area (Å²) >= 11 is 0. The summed E-state index contributed by atoms with van der Waals surface area (Å²) in [5.74, 6) is -0.518. The SMILES string of the molecule is NC(=O)c1cc(NCCc2c[nH]c3ccccc23)ccn1.